The highest BCUT2D eigenvalue weighted by atomic mass is 16.1. The Bertz CT molecular complexity index is 684. The minimum absolute atomic E-state index is 0.0857. The third-order valence-corrected chi connectivity index (χ3v) is 3.54. The molecular weight excluding hydrogens is 302 g/mol. The number of hydrogen-bond donors (Lipinski definition) is 2. The van der Waals surface area contributed by atoms with Crippen molar-refractivity contribution in [3.05, 3.63) is 36.0 Å². The van der Waals surface area contributed by atoms with E-state index in [9.17, 15) is 4.79 Å². The fraction of sp³-hybridized carbons (Fsp3) is 0.389. The minimum Gasteiger partial charge on any atom is -0.360 e. The molecule has 1 aromatic heterocycles. The summed E-state index contributed by atoms with van der Waals surface area (Å²) in [6, 6.07) is 9.44. The Kier molecular flexibility index (Phi) is 6.12. The third kappa shape index (κ3) is 5.22. The molecule has 0 spiro atoms. The highest BCUT2D eigenvalue weighted by Gasteiger charge is 2.07. The number of aromatic nitrogens is 2. The van der Waals surface area contributed by atoms with Gasteiger partial charge in [0.05, 0.1) is 0 Å². The lowest BCUT2D eigenvalue weighted by Gasteiger charge is -2.19. The first-order valence-corrected chi connectivity index (χ1v) is 8.19. The average Bonchev–Trinajstić information content (AvgIpc) is 2.53. The summed E-state index contributed by atoms with van der Waals surface area (Å²) >= 11 is 0. The summed E-state index contributed by atoms with van der Waals surface area (Å²) in [4.78, 5) is 22.2. The zero-order valence-corrected chi connectivity index (χ0v) is 14.8. The Hall–Kier alpha value is -2.63. The highest BCUT2D eigenvalue weighted by Crippen LogP contribution is 2.19. The van der Waals surface area contributed by atoms with Crippen LogP contribution in [-0.2, 0) is 4.79 Å². The first kappa shape index (κ1) is 17.7. The number of rotatable bonds is 7. The maximum absolute atomic E-state index is 11.1. The maximum Gasteiger partial charge on any atom is 0.229 e. The molecule has 0 saturated heterocycles. The van der Waals surface area contributed by atoms with E-state index >= 15 is 0 Å². The first-order valence-electron chi connectivity index (χ1n) is 8.19. The van der Waals surface area contributed by atoms with E-state index in [0.717, 1.165) is 42.3 Å². The van der Waals surface area contributed by atoms with Crippen molar-refractivity contribution in [1.29, 1.82) is 0 Å². The molecule has 6 nitrogen and oxygen atoms in total. The summed E-state index contributed by atoms with van der Waals surface area (Å²) in [5.41, 5.74) is 2.55. The topological polar surface area (TPSA) is 70.2 Å². The minimum atomic E-state index is -0.0857. The van der Waals surface area contributed by atoms with Gasteiger partial charge in [-0.05, 0) is 37.6 Å². The van der Waals surface area contributed by atoms with Crippen molar-refractivity contribution in [1.82, 2.24) is 9.97 Å². The fourth-order valence-electron chi connectivity index (χ4n) is 2.28. The Morgan fingerprint density at radius 2 is 1.83 bits per heavy atom. The van der Waals surface area contributed by atoms with Gasteiger partial charge in [-0.15, -0.1) is 0 Å². The SMILES string of the molecule is CCCCN(C)c1cc(C)nc(Nc2ccc(NC(C)=O)cc2)n1. The van der Waals surface area contributed by atoms with E-state index in [1.807, 2.05) is 44.3 Å². The molecule has 0 saturated carbocycles. The van der Waals surface area contributed by atoms with Crippen LogP contribution in [0, 0.1) is 6.92 Å². The van der Waals surface area contributed by atoms with Crippen LogP contribution in [-0.4, -0.2) is 29.5 Å². The van der Waals surface area contributed by atoms with Crippen LogP contribution >= 0.6 is 0 Å². The smallest absolute Gasteiger partial charge is 0.229 e. The van der Waals surface area contributed by atoms with Crippen LogP contribution in [0.1, 0.15) is 32.4 Å². The zero-order valence-electron chi connectivity index (χ0n) is 14.8. The number of nitrogens with one attached hydrogen (secondary N) is 2. The van der Waals surface area contributed by atoms with Gasteiger partial charge in [0.1, 0.15) is 5.82 Å². The van der Waals surface area contributed by atoms with Crippen molar-refractivity contribution in [2.45, 2.75) is 33.6 Å². The van der Waals surface area contributed by atoms with Crippen molar-refractivity contribution in [2.75, 3.05) is 29.1 Å². The number of carbonyl (C=O) groups is 1. The molecule has 0 aliphatic rings. The van der Waals surface area contributed by atoms with Crippen LogP contribution in [0.2, 0.25) is 0 Å². The van der Waals surface area contributed by atoms with Gasteiger partial charge in [0.15, 0.2) is 0 Å². The summed E-state index contributed by atoms with van der Waals surface area (Å²) in [5.74, 6) is 1.39. The summed E-state index contributed by atoms with van der Waals surface area (Å²) in [7, 11) is 2.05. The van der Waals surface area contributed by atoms with E-state index in [4.69, 9.17) is 0 Å². The van der Waals surface area contributed by atoms with Crippen molar-refractivity contribution in [2.24, 2.45) is 0 Å². The molecule has 1 heterocycles. The number of unbranched alkanes of at least 4 members (excludes halogenated alkanes) is 1. The van der Waals surface area contributed by atoms with Crippen LogP contribution in [0.25, 0.3) is 0 Å². The van der Waals surface area contributed by atoms with E-state index < -0.39 is 0 Å². The molecule has 24 heavy (non-hydrogen) atoms. The molecule has 0 atom stereocenters. The van der Waals surface area contributed by atoms with Gasteiger partial charge in [-0.1, -0.05) is 13.3 Å². The molecule has 1 amide bonds. The van der Waals surface area contributed by atoms with Crippen LogP contribution < -0.4 is 15.5 Å². The molecule has 0 bridgehead atoms. The fourth-order valence-corrected chi connectivity index (χ4v) is 2.28. The lowest BCUT2D eigenvalue weighted by Crippen LogP contribution is -2.20. The van der Waals surface area contributed by atoms with Crippen molar-refractivity contribution < 1.29 is 4.79 Å². The summed E-state index contributed by atoms with van der Waals surface area (Å²) in [6.45, 7) is 6.60. The Morgan fingerprint density at radius 3 is 2.46 bits per heavy atom. The predicted octanol–water partition coefficient (Wildman–Crippen LogP) is 3.72. The van der Waals surface area contributed by atoms with Gasteiger partial charge in [-0.3, -0.25) is 4.79 Å². The second kappa shape index (κ2) is 8.29. The largest absolute Gasteiger partial charge is 0.360 e. The summed E-state index contributed by atoms with van der Waals surface area (Å²) in [5, 5.41) is 5.96. The molecule has 0 aliphatic carbocycles. The molecule has 1 aromatic carbocycles. The van der Waals surface area contributed by atoms with E-state index in [1.165, 1.54) is 6.92 Å². The molecule has 0 unspecified atom stereocenters. The van der Waals surface area contributed by atoms with Gasteiger partial charge in [-0.2, -0.15) is 4.98 Å². The first-order chi connectivity index (χ1) is 11.5. The van der Waals surface area contributed by atoms with Gasteiger partial charge in [0.25, 0.3) is 0 Å². The molecule has 2 aromatic rings. The van der Waals surface area contributed by atoms with E-state index in [2.05, 4.69) is 32.4 Å². The molecule has 128 valence electrons. The number of carbonyl (C=O) groups excluding carboxylic acids is 1. The number of aryl methyl sites for hydroxylation is 1. The normalized spacial score (nSPS) is 10.3. The summed E-state index contributed by atoms with van der Waals surface area (Å²) in [6.07, 6.45) is 2.28. The van der Waals surface area contributed by atoms with Crippen LogP contribution in [0.15, 0.2) is 30.3 Å². The molecule has 6 heteroatoms. The molecule has 0 fully saturated rings. The second-order valence-corrected chi connectivity index (χ2v) is 5.85. The summed E-state index contributed by atoms with van der Waals surface area (Å²) < 4.78 is 0. The predicted molar refractivity (Wildman–Crippen MR) is 99.0 cm³/mol. The van der Waals surface area contributed by atoms with Crippen LogP contribution in [0.5, 0.6) is 0 Å². The molecular formula is C18H25N5O. The van der Waals surface area contributed by atoms with Crippen molar-refractivity contribution in [3.63, 3.8) is 0 Å². The highest BCUT2D eigenvalue weighted by molar-refractivity contribution is 5.88. The average molecular weight is 327 g/mol. The monoisotopic (exact) mass is 327 g/mol. The maximum atomic E-state index is 11.1. The van der Waals surface area contributed by atoms with E-state index in [0.29, 0.717) is 5.95 Å². The number of benzene rings is 1. The third-order valence-electron chi connectivity index (χ3n) is 3.54. The quantitative estimate of drug-likeness (QED) is 0.811. The van der Waals surface area contributed by atoms with Crippen LogP contribution in [0.4, 0.5) is 23.1 Å². The van der Waals surface area contributed by atoms with Gasteiger partial charge in [0, 0.05) is 43.7 Å². The Morgan fingerprint density at radius 1 is 1.17 bits per heavy atom. The van der Waals surface area contributed by atoms with E-state index in [1.54, 1.807) is 0 Å². The Labute approximate surface area is 143 Å². The van der Waals surface area contributed by atoms with Gasteiger partial charge < -0.3 is 15.5 Å². The van der Waals surface area contributed by atoms with Crippen molar-refractivity contribution >= 4 is 29.0 Å². The molecule has 2 rings (SSSR count). The molecule has 2 N–H and O–H groups in total. The van der Waals surface area contributed by atoms with Crippen molar-refractivity contribution in [3.8, 4) is 0 Å². The lowest BCUT2D eigenvalue weighted by molar-refractivity contribution is -0.114. The zero-order chi connectivity index (χ0) is 17.5. The number of anilines is 4. The molecule has 0 aliphatic heterocycles. The van der Waals surface area contributed by atoms with Gasteiger partial charge in [-0.25, -0.2) is 4.98 Å². The number of hydrogen-bond acceptors (Lipinski definition) is 5. The Balaban J connectivity index is 2.11. The standard InChI is InChI=1S/C18H25N5O/c1-5-6-11-23(4)17-12-13(2)19-18(22-17)21-16-9-7-15(8-10-16)20-14(3)24/h7-10,12H,5-6,11H2,1-4H3,(H,20,24)(H,19,21,22). The lowest BCUT2D eigenvalue weighted by atomic mass is 10.3. The number of nitrogens with zero attached hydrogens (tertiary/aromatic N) is 3. The molecule has 0 radical (unpaired) electrons. The van der Waals surface area contributed by atoms with Gasteiger partial charge in [0.2, 0.25) is 11.9 Å². The van der Waals surface area contributed by atoms with Gasteiger partial charge >= 0.3 is 0 Å². The number of amides is 1. The van der Waals surface area contributed by atoms with E-state index in [-0.39, 0.29) is 5.91 Å². The van der Waals surface area contributed by atoms with Crippen LogP contribution in [0.3, 0.4) is 0 Å². The second-order valence-electron chi connectivity index (χ2n) is 5.85.